The summed E-state index contributed by atoms with van der Waals surface area (Å²) >= 11 is 3.18. The van der Waals surface area contributed by atoms with Crippen molar-refractivity contribution in [1.82, 2.24) is 38.5 Å². The van der Waals surface area contributed by atoms with Gasteiger partial charge < -0.3 is 49.3 Å². The van der Waals surface area contributed by atoms with Crippen molar-refractivity contribution >= 4 is 97.3 Å². The molecule has 96 heavy (non-hydrogen) atoms. The number of hydrogen-bond donors (Lipinski definition) is 5. The second-order valence-electron chi connectivity index (χ2n) is 22.8. The van der Waals surface area contributed by atoms with Crippen LogP contribution in [0, 0.1) is 41.5 Å². The minimum absolute atomic E-state index is 0.0536. The van der Waals surface area contributed by atoms with Crippen LogP contribution < -0.4 is 20.1 Å². The molecule has 0 aliphatic carbocycles. The zero-order valence-electron chi connectivity index (χ0n) is 54.3. The Balaban J connectivity index is 0.000000146. The molecular formula is C67H75ClN10O13S5. The number of carbonyl (C=O) groups is 2. The van der Waals surface area contributed by atoms with Gasteiger partial charge in [-0.2, -0.15) is 8.61 Å². The van der Waals surface area contributed by atoms with Crippen LogP contribution in [0.3, 0.4) is 0 Å². The lowest BCUT2D eigenvalue weighted by Crippen LogP contribution is -2.40. The Morgan fingerprint density at radius 1 is 0.552 bits per heavy atom. The second-order valence-corrected chi connectivity index (χ2v) is 30.8. The average molecular weight is 1420 g/mol. The van der Waals surface area contributed by atoms with Crippen LogP contribution in [0.4, 0.5) is 11.4 Å². The van der Waals surface area contributed by atoms with Crippen LogP contribution in [0.2, 0.25) is 0 Å². The highest BCUT2D eigenvalue weighted by Crippen LogP contribution is 2.40. The maximum atomic E-state index is 13.4. The molecule has 0 saturated carbocycles. The van der Waals surface area contributed by atoms with E-state index in [1.54, 1.807) is 82.7 Å². The molecule has 0 bridgehead atoms. The van der Waals surface area contributed by atoms with Crippen molar-refractivity contribution < 1.29 is 58.5 Å². The molecule has 0 radical (unpaired) electrons. The molecule has 508 valence electrons. The van der Waals surface area contributed by atoms with E-state index in [4.69, 9.17) is 39.4 Å². The van der Waals surface area contributed by atoms with Gasteiger partial charge in [0, 0.05) is 146 Å². The van der Waals surface area contributed by atoms with Crippen LogP contribution in [0.5, 0.6) is 11.8 Å². The number of nitrogens with one attached hydrogen (secondary N) is 5. The number of methoxy groups -OCH3 is 2. The van der Waals surface area contributed by atoms with Gasteiger partial charge in [-0.25, -0.2) is 35.2 Å². The lowest BCUT2D eigenvalue weighted by Gasteiger charge is -2.26. The first kappa shape index (κ1) is 70.9. The van der Waals surface area contributed by atoms with Gasteiger partial charge in [0.15, 0.2) is 11.8 Å². The summed E-state index contributed by atoms with van der Waals surface area (Å²) in [5.41, 5.74) is 13.7. The monoisotopic (exact) mass is 1420 g/mol. The van der Waals surface area contributed by atoms with Crippen LogP contribution in [-0.4, -0.2) is 156 Å². The third kappa shape index (κ3) is 16.2. The molecule has 0 spiro atoms. The fourth-order valence-electron chi connectivity index (χ4n) is 11.6. The van der Waals surface area contributed by atoms with Crippen molar-refractivity contribution in [3.05, 3.63) is 153 Å². The maximum absolute atomic E-state index is 13.4. The van der Waals surface area contributed by atoms with E-state index in [0.29, 0.717) is 126 Å². The Morgan fingerprint density at radius 3 is 1.54 bits per heavy atom. The standard InChI is InChI=1S/C28H26N4O4S2.C16H11N3OS.C11H18N2O4S.C7H10ClNO3S.C5H10O/c1-17-24(29-18(2)26(17)38(34,35)32-10-12-36-13-11-32)15-22-21-14-20(8-9-23(21)30-27(22)33)25-16-37-28(31-25)19-6-4-3-5-7-19;20-15-8-12-7-11(1-2-13(12)18-15)14-9-21-16(19-14)10-3-5-17-6-4-10;1-8-10(9(2)12-11(8)16-3)18(14,15)13-4-6-17-7-5-13;1-4-6(13(8,10)11)5(2)9-7(4)12-3;1-2-4-6-5-3-1/h3-9,14-16,29H,10-13H2,1-2H3,(H,30,33);1-7,9H,8H2,(H,18,20);12H,4-7H2,1-3H3;9H,1-3H3;1-5H2/b22-15-;;;;. The highest BCUT2D eigenvalue weighted by atomic mass is 35.7. The number of thiazole rings is 2. The predicted molar refractivity (Wildman–Crippen MR) is 373 cm³/mol. The van der Waals surface area contributed by atoms with Gasteiger partial charge in [-0.3, -0.25) is 14.6 Å². The number of benzene rings is 3. The Labute approximate surface area is 571 Å². The van der Waals surface area contributed by atoms with E-state index in [1.165, 1.54) is 42.1 Å². The lowest BCUT2D eigenvalue weighted by molar-refractivity contribution is -0.115. The Hall–Kier alpha value is -7.87. The number of fused-ring (bicyclic) bond motifs is 2. The van der Waals surface area contributed by atoms with Gasteiger partial charge in [0.1, 0.15) is 24.7 Å². The van der Waals surface area contributed by atoms with E-state index in [2.05, 4.69) is 35.6 Å². The average Bonchev–Trinajstić information content (AvgIpc) is 1.60. The van der Waals surface area contributed by atoms with Crippen molar-refractivity contribution in [3.63, 3.8) is 0 Å². The van der Waals surface area contributed by atoms with Crippen LogP contribution in [0.15, 0.2) is 117 Å². The van der Waals surface area contributed by atoms with E-state index in [1.807, 2.05) is 89.6 Å². The molecule has 2 amide bonds. The van der Waals surface area contributed by atoms with Crippen LogP contribution in [0.1, 0.15) is 69.9 Å². The Bertz CT molecular complexity index is 4630. The first-order chi connectivity index (χ1) is 46.0. The number of halogens is 1. The number of ether oxygens (including phenoxy) is 5. The van der Waals surface area contributed by atoms with Crippen LogP contribution in [0.25, 0.3) is 55.3 Å². The highest BCUT2D eigenvalue weighted by molar-refractivity contribution is 8.13. The van der Waals surface area contributed by atoms with Gasteiger partial charge in [-0.05, 0) is 114 Å². The maximum Gasteiger partial charge on any atom is 0.263 e. The van der Waals surface area contributed by atoms with Gasteiger partial charge >= 0.3 is 0 Å². The normalized spacial score (nSPS) is 16.1. The fourth-order valence-corrected chi connectivity index (χ4v) is 18.4. The Morgan fingerprint density at radius 2 is 1.04 bits per heavy atom. The topological polar surface area (TPSA) is 299 Å². The van der Waals surface area contributed by atoms with E-state index < -0.39 is 29.1 Å². The molecule has 3 saturated heterocycles. The number of amides is 2. The summed E-state index contributed by atoms with van der Waals surface area (Å²) in [7, 11) is -2.64. The second kappa shape index (κ2) is 31.1. The van der Waals surface area contributed by atoms with E-state index >= 15 is 0 Å². The number of pyridine rings is 1. The SMILES string of the molecule is C1CCOCC1.COc1[nH]c(C)c(S(=O)(=O)Cl)c1C.COc1[nH]c(C)c(S(=O)(=O)N2CCOCC2)c1C.Cc1[nH]c(/C=C2\C(=O)Nc3ccc(-c4csc(-c5ccccc5)n4)cc32)c(C)c1S(=O)(=O)N1CCOCC1.O=C1Cc2cc(-c3csc(-c4ccncc4)n3)ccc2N1. The number of hydrogen-bond acceptors (Lipinski definition) is 18. The molecule has 6 aromatic heterocycles. The van der Waals surface area contributed by atoms with Gasteiger partial charge in [-0.1, -0.05) is 42.5 Å². The summed E-state index contributed by atoms with van der Waals surface area (Å²) in [6.07, 6.45) is 9.65. The van der Waals surface area contributed by atoms with Crippen LogP contribution in [-0.2, 0) is 59.3 Å². The smallest absolute Gasteiger partial charge is 0.263 e. The lowest BCUT2D eigenvalue weighted by atomic mass is 10.0. The molecule has 0 atom stereocenters. The Kier molecular flexibility index (Phi) is 23.0. The number of aromatic nitrogens is 6. The largest absolute Gasteiger partial charge is 0.482 e. The van der Waals surface area contributed by atoms with E-state index in [0.717, 1.165) is 73.7 Å². The van der Waals surface area contributed by atoms with Gasteiger partial charge in [-0.15, -0.1) is 22.7 Å². The molecular weight excluding hydrogens is 1350 g/mol. The van der Waals surface area contributed by atoms with Crippen molar-refractivity contribution in [2.45, 2.75) is 81.9 Å². The summed E-state index contributed by atoms with van der Waals surface area (Å²) < 4.78 is 103. The molecule has 5 aliphatic heterocycles. The summed E-state index contributed by atoms with van der Waals surface area (Å²) in [6.45, 7) is 15.4. The summed E-state index contributed by atoms with van der Waals surface area (Å²) in [5.74, 6) is 0.749. The summed E-state index contributed by atoms with van der Waals surface area (Å²) in [5, 5.41) is 11.7. The molecule has 23 nitrogen and oxygen atoms in total. The van der Waals surface area contributed by atoms with Crippen molar-refractivity contribution in [3.8, 4) is 55.4 Å². The first-order valence-electron chi connectivity index (χ1n) is 30.8. The molecule has 0 unspecified atom stereocenters. The summed E-state index contributed by atoms with van der Waals surface area (Å²) in [6, 6.07) is 25.7. The van der Waals surface area contributed by atoms with Crippen LogP contribution >= 0.6 is 33.4 Å². The molecule has 3 aromatic carbocycles. The number of anilines is 2. The third-order valence-corrected chi connectivity index (χ3v) is 24.0. The number of carbonyl (C=O) groups excluding carboxylic acids is 2. The van der Waals surface area contributed by atoms with Gasteiger partial charge in [0.2, 0.25) is 26.0 Å². The number of rotatable bonds is 12. The molecule has 5 N–H and O–H groups in total. The van der Waals surface area contributed by atoms with Crippen molar-refractivity contribution in [2.24, 2.45) is 0 Å². The minimum Gasteiger partial charge on any atom is -0.482 e. The number of sulfonamides is 2. The zero-order chi connectivity index (χ0) is 68.5. The van der Waals surface area contributed by atoms with E-state index in [9.17, 15) is 34.8 Å². The number of aromatic amines is 3. The van der Waals surface area contributed by atoms with Crippen molar-refractivity contribution in [1.29, 1.82) is 0 Å². The number of H-pyrrole nitrogens is 3. The third-order valence-electron chi connectivity index (χ3n) is 16.3. The van der Waals surface area contributed by atoms with Crippen molar-refractivity contribution in [2.75, 3.05) is 90.7 Å². The number of nitrogens with zero attached hydrogens (tertiary/aromatic N) is 5. The number of aryl methyl sites for hydroxylation is 3. The zero-order valence-corrected chi connectivity index (χ0v) is 59.1. The molecule has 5 aliphatic rings. The van der Waals surface area contributed by atoms with E-state index in [-0.39, 0.29) is 21.6 Å². The number of morpholine rings is 2. The van der Waals surface area contributed by atoms with Gasteiger partial charge in [0.05, 0.1) is 64.0 Å². The molecule has 9 aromatic rings. The van der Waals surface area contributed by atoms with Gasteiger partial charge in [0.25, 0.3) is 15.0 Å². The quantitative estimate of drug-likeness (QED) is 0.0561. The molecule has 14 rings (SSSR count). The molecule has 3 fully saturated rings. The summed E-state index contributed by atoms with van der Waals surface area (Å²) in [4.78, 5) is 47.5. The fraction of sp³-hybridized carbons (Fsp3) is 0.328. The highest BCUT2D eigenvalue weighted by Gasteiger charge is 2.34. The minimum atomic E-state index is -3.69. The molecule has 29 heteroatoms. The predicted octanol–water partition coefficient (Wildman–Crippen LogP) is 11.7. The first-order valence-corrected chi connectivity index (χ1v) is 37.7. The molecule has 11 heterocycles.